The summed E-state index contributed by atoms with van der Waals surface area (Å²) in [5.74, 6) is 0.283. The predicted octanol–water partition coefficient (Wildman–Crippen LogP) is 1.59. The number of hydrogen-bond donors (Lipinski definition) is 2. The summed E-state index contributed by atoms with van der Waals surface area (Å²) in [6.45, 7) is 1.91. The van der Waals surface area contributed by atoms with Crippen molar-refractivity contribution in [1.29, 1.82) is 0 Å². The van der Waals surface area contributed by atoms with E-state index in [0.717, 1.165) is 12.8 Å². The van der Waals surface area contributed by atoms with Gasteiger partial charge in [0.2, 0.25) is 17.7 Å². The zero-order chi connectivity index (χ0) is 13.5. The molecule has 1 heterocycles. The molecule has 1 amide bonds. The number of anilines is 1. The van der Waals surface area contributed by atoms with E-state index in [0.29, 0.717) is 12.3 Å². The number of nitrogens with one attached hydrogen (secondary N) is 1. The van der Waals surface area contributed by atoms with Crippen LogP contribution in [-0.4, -0.2) is 29.0 Å². The number of ether oxygens (including phenoxy) is 1. The molecule has 0 bridgehead atoms. The summed E-state index contributed by atoms with van der Waals surface area (Å²) in [6, 6.07) is 1.56. The molecule has 0 saturated carbocycles. The van der Waals surface area contributed by atoms with E-state index in [-0.39, 0.29) is 23.1 Å². The van der Waals surface area contributed by atoms with Gasteiger partial charge in [0.25, 0.3) is 0 Å². The van der Waals surface area contributed by atoms with Crippen molar-refractivity contribution in [1.82, 2.24) is 9.97 Å². The fourth-order valence-electron chi connectivity index (χ4n) is 1.33. The van der Waals surface area contributed by atoms with Crippen molar-refractivity contribution in [3.8, 4) is 5.88 Å². The van der Waals surface area contributed by atoms with Crippen LogP contribution in [0.3, 0.4) is 0 Å². The molecule has 1 atom stereocenters. The topological polar surface area (TPSA) is 90.1 Å². The minimum absolute atomic E-state index is 0.0975. The highest BCUT2D eigenvalue weighted by molar-refractivity contribution is 6.29. The summed E-state index contributed by atoms with van der Waals surface area (Å²) in [5, 5.41) is 2.78. The van der Waals surface area contributed by atoms with Gasteiger partial charge >= 0.3 is 0 Å². The predicted molar refractivity (Wildman–Crippen MR) is 69.7 cm³/mol. The van der Waals surface area contributed by atoms with E-state index < -0.39 is 0 Å². The van der Waals surface area contributed by atoms with Crippen molar-refractivity contribution in [2.24, 2.45) is 5.73 Å². The minimum atomic E-state index is -0.167. The molecule has 0 aliphatic carbocycles. The summed E-state index contributed by atoms with van der Waals surface area (Å²) in [7, 11) is 1.47. The SMILES string of the molecule is COc1cc(Cl)nc(NC(=O)CCCC(C)N)n1. The number of methoxy groups -OCH3 is 1. The van der Waals surface area contributed by atoms with Crippen LogP contribution in [0.5, 0.6) is 5.88 Å². The second kappa shape index (κ2) is 7.13. The van der Waals surface area contributed by atoms with Gasteiger partial charge in [-0.2, -0.15) is 4.98 Å². The van der Waals surface area contributed by atoms with Gasteiger partial charge in [-0.05, 0) is 19.8 Å². The molecule has 0 aliphatic rings. The van der Waals surface area contributed by atoms with Gasteiger partial charge in [0, 0.05) is 18.5 Å². The molecule has 1 unspecified atom stereocenters. The average molecular weight is 273 g/mol. The summed E-state index contributed by atoms with van der Waals surface area (Å²) in [4.78, 5) is 19.4. The van der Waals surface area contributed by atoms with Crippen molar-refractivity contribution in [3.63, 3.8) is 0 Å². The second-order valence-electron chi connectivity index (χ2n) is 3.97. The number of carbonyl (C=O) groups excluding carboxylic acids is 1. The summed E-state index contributed by atoms with van der Waals surface area (Å²) in [6.07, 6.45) is 1.90. The third kappa shape index (κ3) is 5.29. The number of rotatable bonds is 6. The molecule has 18 heavy (non-hydrogen) atoms. The number of nitrogens with zero attached hydrogens (tertiary/aromatic N) is 2. The molecule has 7 heteroatoms. The lowest BCUT2D eigenvalue weighted by Gasteiger charge is -2.06. The van der Waals surface area contributed by atoms with Gasteiger partial charge in [-0.1, -0.05) is 11.6 Å². The minimum Gasteiger partial charge on any atom is -0.481 e. The molecule has 0 aliphatic heterocycles. The third-order valence-electron chi connectivity index (χ3n) is 2.20. The highest BCUT2D eigenvalue weighted by atomic mass is 35.5. The Kier molecular flexibility index (Phi) is 5.80. The van der Waals surface area contributed by atoms with Crippen LogP contribution in [0.25, 0.3) is 0 Å². The Labute approximate surface area is 111 Å². The molecular weight excluding hydrogens is 256 g/mol. The standard InChI is InChI=1S/C11H17ClN4O2/c1-7(13)4-3-5-9(17)15-11-14-8(12)6-10(16-11)18-2/h6-7H,3-5,13H2,1-2H3,(H,14,15,16,17). The Morgan fingerprint density at radius 3 is 2.94 bits per heavy atom. The fourth-order valence-corrected chi connectivity index (χ4v) is 1.50. The van der Waals surface area contributed by atoms with E-state index in [1.54, 1.807) is 0 Å². The lowest BCUT2D eigenvalue weighted by atomic mass is 10.1. The lowest BCUT2D eigenvalue weighted by molar-refractivity contribution is -0.116. The summed E-state index contributed by atoms with van der Waals surface area (Å²) in [5.41, 5.74) is 5.60. The molecular formula is C11H17ClN4O2. The largest absolute Gasteiger partial charge is 0.481 e. The van der Waals surface area contributed by atoms with Crippen LogP contribution >= 0.6 is 11.6 Å². The third-order valence-corrected chi connectivity index (χ3v) is 2.39. The maximum absolute atomic E-state index is 11.6. The van der Waals surface area contributed by atoms with Gasteiger partial charge in [-0.25, -0.2) is 4.98 Å². The van der Waals surface area contributed by atoms with E-state index in [1.165, 1.54) is 13.2 Å². The Balaban J connectivity index is 2.51. The molecule has 0 fully saturated rings. The van der Waals surface area contributed by atoms with Gasteiger partial charge < -0.3 is 10.5 Å². The quantitative estimate of drug-likeness (QED) is 0.768. The van der Waals surface area contributed by atoms with E-state index in [1.807, 2.05) is 6.92 Å². The van der Waals surface area contributed by atoms with Crippen molar-refractivity contribution >= 4 is 23.5 Å². The summed E-state index contributed by atoms with van der Waals surface area (Å²) < 4.78 is 4.93. The molecule has 0 spiro atoms. The lowest BCUT2D eigenvalue weighted by Crippen LogP contribution is -2.17. The monoisotopic (exact) mass is 272 g/mol. The molecule has 0 saturated heterocycles. The summed E-state index contributed by atoms with van der Waals surface area (Å²) >= 11 is 5.76. The molecule has 1 aromatic heterocycles. The van der Waals surface area contributed by atoms with E-state index in [9.17, 15) is 4.79 Å². The van der Waals surface area contributed by atoms with Crippen LogP contribution in [0, 0.1) is 0 Å². The maximum atomic E-state index is 11.6. The molecule has 100 valence electrons. The van der Waals surface area contributed by atoms with Crippen molar-refractivity contribution in [2.45, 2.75) is 32.2 Å². The first-order valence-corrected chi connectivity index (χ1v) is 6.03. The van der Waals surface area contributed by atoms with E-state index in [2.05, 4.69) is 15.3 Å². The zero-order valence-corrected chi connectivity index (χ0v) is 11.2. The number of carbonyl (C=O) groups is 1. The molecule has 0 aromatic carbocycles. The number of halogens is 1. The molecule has 1 aromatic rings. The molecule has 6 nitrogen and oxygen atoms in total. The first-order chi connectivity index (χ1) is 8.51. The van der Waals surface area contributed by atoms with Crippen LogP contribution < -0.4 is 15.8 Å². The van der Waals surface area contributed by atoms with Crippen LogP contribution in [0.2, 0.25) is 5.15 Å². The van der Waals surface area contributed by atoms with Crippen LogP contribution in [-0.2, 0) is 4.79 Å². The smallest absolute Gasteiger partial charge is 0.234 e. The first kappa shape index (κ1) is 14.7. The number of hydrogen-bond acceptors (Lipinski definition) is 5. The maximum Gasteiger partial charge on any atom is 0.234 e. The number of amides is 1. The van der Waals surface area contributed by atoms with Gasteiger partial charge in [-0.15, -0.1) is 0 Å². The van der Waals surface area contributed by atoms with Crippen molar-refractivity contribution < 1.29 is 9.53 Å². The normalized spacial score (nSPS) is 12.0. The zero-order valence-electron chi connectivity index (χ0n) is 10.4. The van der Waals surface area contributed by atoms with Gasteiger partial charge in [-0.3, -0.25) is 10.1 Å². The van der Waals surface area contributed by atoms with Crippen LogP contribution in [0.15, 0.2) is 6.07 Å². The Morgan fingerprint density at radius 2 is 2.33 bits per heavy atom. The van der Waals surface area contributed by atoms with Crippen molar-refractivity contribution in [3.05, 3.63) is 11.2 Å². The highest BCUT2D eigenvalue weighted by Crippen LogP contribution is 2.15. The van der Waals surface area contributed by atoms with E-state index >= 15 is 0 Å². The molecule has 1 rings (SSSR count). The second-order valence-corrected chi connectivity index (χ2v) is 4.36. The molecule has 0 radical (unpaired) electrons. The van der Waals surface area contributed by atoms with Crippen LogP contribution in [0.4, 0.5) is 5.95 Å². The highest BCUT2D eigenvalue weighted by Gasteiger charge is 2.08. The average Bonchev–Trinajstić information content (AvgIpc) is 2.27. The van der Waals surface area contributed by atoms with Gasteiger partial charge in [0.1, 0.15) is 5.15 Å². The number of aromatic nitrogens is 2. The number of nitrogens with two attached hydrogens (primary N) is 1. The Morgan fingerprint density at radius 1 is 1.61 bits per heavy atom. The fraction of sp³-hybridized carbons (Fsp3) is 0.545. The first-order valence-electron chi connectivity index (χ1n) is 5.65. The molecule has 3 N–H and O–H groups in total. The Hall–Kier alpha value is -1.40. The van der Waals surface area contributed by atoms with Gasteiger partial charge in [0.05, 0.1) is 7.11 Å². The Bertz CT molecular complexity index is 412. The van der Waals surface area contributed by atoms with Crippen LogP contribution in [0.1, 0.15) is 26.2 Å². The van der Waals surface area contributed by atoms with Crippen molar-refractivity contribution in [2.75, 3.05) is 12.4 Å². The van der Waals surface area contributed by atoms with Gasteiger partial charge in [0.15, 0.2) is 0 Å². The van der Waals surface area contributed by atoms with E-state index in [4.69, 9.17) is 22.1 Å².